The van der Waals surface area contributed by atoms with Crippen LogP contribution < -0.4 is 10.6 Å². The predicted molar refractivity (Wildman–Crippen MR) is 79.3 cm³/mol. The first-order valence-electron chi connectivity index (χ1n) is 8.60. The van der Waals surface area contributed by atoms with Gasteiger partial charge in [-0.05, 0) is 82.6 Å². The Kier molecular flexibility index (Phi) is 2.93. The second-order valence-corrected chi connectivity index (χ2v) is 8.49. The van der Waals surface area contributed by atoms with Gasteiger partial charge in [0, 0.05) is 12.1 Å². The van der Waals surface area contributed by atoms with Crippen molar-refractivity contribution in [3.8, 4) is 0 Å². The Bertz CT molecular complexity index is 376. The summed E-state index contributed by atoms with van der Waals surface area (Å²) < 4.78 is 0. The molecule has 1 heterocycles. The van der Waals surface area contributed by atoms with E-state index in [2.05, 4.69) is 17.6 Å². The van der Waals surface area contributed by atoms with Gasteiger partial charge in [-0.25, -0.2) is 0 Å². The minimum Gasteiger partial charge on any atom is -0.350 e. The zero-order valence-corrected chi connectivity index (χ0v) is 12.7. The van der Waals surface area contributed by atoms with E-state index < -0.39 is 0 Å². The first kappa shape index (κ1) is 13.1. The van der Waals surface area contributed by atoms with Crippen molar-refractivity contribution >= 4 is 5.91 Å². The summed E-state index contributed by atoms with van der Waals surface area (Å²) in [5, 5.41) is 6.96. The van der Waals surface area contributed by atoms with Gasteiger partial charge in [-0.15, -0.1) is 0 Å². The van der Waals surface area contributed by atoms with Crippen LogP contribution in [-0.4, -0.2) is 24.5 Å². The molecule has 1 amide bonds. The van der Waals surface area contributed by atoms with E-state index >= 15 is 0 Å². The van der Waals surface area contributed by atoms with Crippen molar-refractivity contribution in [1.29, 1.82) is 0 Å². The minimum absolute atomic E-state index is 0.173. The summed E-state index contributed by atoms with van der Waals surface area (Å²) in [6.45, 7) is 4.07. The predicted octanol–water partition coefficient (Wildman–Crippen LogP) is 2.46. The second kappa shape index (κ2) is 4.46. The molecular formula is C17H28N2O. The average molecular weight is 276 g/mol. The van der Waals surface area contributed by atoms with Crippen molar-refractivity contribution in [2.45, 2.75) is 63.8 Å². The van der Waals surface area contributed by atoms with Gasteiger partial charge < -0.3 is 10.6 Å². The molecule has 3 nitrogen and oxygen atoms in total. The summed E-state index contributed by atoms with van der Waals surface area (Å²) in [4.78, 5) is 12.9. The van der Waals surface area contributed by atoms with Crippen molar-refractivity contribution in [3.63, 3.8) is 0 Å². The summed E-state index contributed by atoms with van der Waals surface area (Å²) in [6.07, 6.45) is 10.3. The van der Waals surface area contributed by atoms with Crippen LogP contribution in [0.15, 0.2) is 0 Å². The molecule has 5 rings (SSSR count). The lowest BCUT2D eigenvalue weighted by Crippen LogP contribution is -2.63. The maximum atomic E-state index is 12.9. The molecule has 1 aliphatic heterocycles. The van der Waals surface area contributed by atoms with Gasteiger partial charge in [0.05, 0.1) is 5.41 Å². The first-order chi connectivity index (χ1) is 9.57. The molecule has 0 aromatic heterocycles. The maximum absolute atomic E-state index is 12.9. The van der Waals surface area contributed by atoms with Crippen LogP contribution in [0.4, 0.5) is 0 Å². The molecule has 2 N–H and O–H groups in total. The van der Waals surface area contributed by atoms with Crippen LogP contribution in [0.5, 0.6) is 0 Å². The van der Waals surface area contributed by atoms with E-state index in [-0.39, 0.29) is 11.0 Å². The smallest absolute Gasteiger partial charge is 0.227 e. The third kappa shape index (κ3) is 2.09. The van der Waals surface area contributed by atoms with E-state index in [1.54, 1.807) is 0 Å². The Morgan fingerprint density at radius 2 is 1.70 bits per heavy atom. The standard InChI is InChI=1S/C17H28N2O/c1-16(3-2-4-18-11-16)15(20)19-17-8-12-5-13(9-17)7-14(6-12)10-17/h12-14,18H,2-11H2,1H3,(H,19,20). The van der Waals surface area contributed by atoms with Gasteiger partial charge in [-0.3, -0.25) is 4.79 Å². The quantitative estimate of drug-likeness (QED) is 0.813. The van der Waals surface area contributed by atoms with Crippen molar-refractivity contribution in [3.05, 3.63) is 0 Å². The molecular weight excluding hydrogens is 248 g/mol. The highest BCUT2D eigenvalue weighted by atomic mass is 16.2. The lowest BCUT2D eigenvalue weighted by Gasteiger charge is -2.57. The van der Waals surface area contributed by atoms with E-state index in [0.717, 1.165) is 43.7 Å². The molecule has 4 bridgehead atoms. The normalized spacial score (nSPS) is 50.1. The van der Waals surface area contributed by atoms with Crippen LogP contribution in [0.25, 0.3) is 0 Å². The van der Waals surface area contributed by atoms with Crippen LogP contribution in [0.1, 0.15) is 58.3 Å². The van der Waals surface area contributed by atoms with Gasteiger partial charge in [0.25, 0.3) is 0 Å². The third-order valence-electron chi connectivity index (χ3n) is 6.56. The van der Waals surface area contributed by atoms with Crippen LogP contribution in [0.2, 0.25) is 0 Å². The van der Waals surface area contributed by atoms with Gasteiger partial charge in [-0.2, -0.15) is 0 Å². The number of carbonyl (C=O) groups excluding carboxylic acids is 1. The molecule has 3 heteroatoms. The molecule has 1 saturated heterocycles. The van der Waals surface area contributed by atoms with E-state index in [0.29, 0.717) is 5.91 Å². The minimum atomic E-state index is -0.179. The molecule has 0 aromatic carbocycles. The molecule has 0 radical (unpaired) electrons. The molecule has 4 saturated carbocycles. The lowest BCUT2D eigenvalue weighted by atomic mass is 9.53. The molecule has 20 heavy (non-hydrogen) atoms. The van der Waals surface area contributed by atoms with E-state index in [1.165, 1.54) is 38.5 Å². The van der Waals surface area contributed by atoms with Crippen LogP contribution in [0, 0.1) is 23.2 Å². The topological polar surface area (TPSA) is 41.1 Å². The summed E-state index contributed by atoms with van der Waals surface area (Å²) in [5.74, 6) is 3.03. The third-order valence-corrected chi connectivity index (χ3v) is 6.56. The van der Waals surface area contributed by atoms with Crippen molar-refractivity contribution in [2.75, 3.05) is 13.1 Å². The fourth-order valence-electron chi connectivity index (χ4n) is 5.91. The number of rotatable bonds is 2. The van der Waals surface area contributed by atoms with E-state index in [4.69, 9.17) is 0 Å². The summed E-state index contributed by atoms with van der Waals surface area (Å²) in [7, 11) is 0. The molecule has 5 aliphatic rings. The van der Waals surface area contributed by atoms with Gasteiger partial charge in [0.15, 0.2) is 0 Å². The number of piperidine rings is 1. The SMILES string of the molecule is CC1(C(=O)NC23CC4CC(CC(C4)C2)C3)CCCNC1. The number of amides is 1. The van der Waals surface area contributed by atoms with Crippen molar-refractivity contribution < 1.29 is 4.79 Å². The molecule has 5 fully saturated rings. The Morgan fingerprint density at radius 3 is 2.20 bits per heavy atom. The number of nitrogens with one attached hydrogen (secondary N) is 2. The average Bonchev–Trinajstić information content (AvgIpc) is 2.37. The van der Waals surface area contributed by atoms with Crippen LogP contribution in [-0.2, 0) is 4.79 Å². The van der Waals surface area contributed by atoms with Gasteiger partial charge in [0.2, 0.25) is 5.91 Å². The van der Waals surface area contributed by atoms with Crippen LogP contribution >= 0.6 is 0 Å². The monoisotopic (exact) mass is 276 g/mol. The van der Waals surface area contributed by atoms with Crippen LogP contribution in [0.3, 0.4) is 0 Å². The Hall–Kier alpha value is -0.570. The Balaban J connectivity index is 1.49. The summed E-state index contributed by atoms with van der Waals surface area (Å²) in [6, 6.07) is 0. The van der Waals surface area contributed by atoms with E-state index in [1.807, 2.05) is 0 Å². The maximum Gasteiger partial charge on any atom is 0.227 e. The zero-order chi connectivity index (χ0) is 13.8. The zero-order valence-electron chi connectivity index (χ0n) is 12.7. The number of hydrogen-bond donors (Lipinski definition) is 2. The van der Waals surface area contributed by atoms with Crippen molar-refractivity contribution in [1.82, 2.24) is 10.6 Å². The summed E-state index contributed by atoms with van der Waals surface area (Å²) >= 11 is 0. The van der Waals surface area contributed by atoms with Gasteiger partial charge >= 0.3 is 0 Å². The number of hydrogen-bond acceptors (Lipinski definition) is 2. The molecule has 0 aromatic rings. The second-order valence-electron chi connectivity index (χ2n) is 8.49. The number of carbonyl (C=O) groups is 1. The van der Waals surface area contributed by atoms with Gasteiger partial charge in [0.1, 0.15) is 0 Å². The highest BCUT2D eigenvalue weighted by molar-refractivity contribution is 5.83. The van der Waals surface area contributed by atoms with Gasteiger partial charge in [-0.1, -0.05) is 0 Å². The Labute approximate surface area is 122 Å². The summed E-state index contributed by atoms with van der Waals surface area (Å²) in [5.41, 5.74) is -0.00608. The molecule has 1 unspecified atom stereocenters. The highest BCUT2D eigenvalue weighted by Gasteiger charge is 2.52. The fourth-order valence-corrected chi connectivity index (χ4v) is 5.91. The van der Waals surface area contributed by atoms with Crippen molar-refractivity contribution in [2.24, 2.45) is 23.2 Å². The fraction of sp³-hybridized carbons (Fsp3) is 0.941. The highest BCUT2D eigenvalue weighted by Crippen LogP contribution is 2.55. The Morgan fingerprint density at radius 1 is 1.10 bits per heavy atom. The molecule has 112 valence electrons. The first-order valence-corrected chi connectivity index (χ1v) is 8.60. The lowest BCUT2D eigenvalue weighted by molar-refractivity contribution is -0.137. The molecule has 1 atom stereocenters. The molecule has 4 aliphatic carbocycles. The molecule has 0 spiro atoms. The largest absolute Gasteiger partial charge is 0.350 e. The van der Waals surface area contributed by atoms with E-state index in [9.17, 15) is 4.79 Å².